The average molecular weight is 292 g/mol. The van der Waals surface area contributed by atoms with E-state index in [-0.39, 0.29) is 16.2 Å². The Hall–Kier alpha value is -1.06. The molecule has 118 valence electrons. The molecule has 1 heterocycles. The van der Waals surface area contributed by atoms with Crippen LogP contribution < -0.4 is 0 Å². The van der Waals surface area contributed by atoms with E-state index in [0.717, 1.165) is 37.9 Å². The second kappa shape index (κ2) is 4.47. The van der Waals surface area contributed by atoms with E-state index in [1.165, 1.54) is 6.42 Å². The first kappa shape index (κ1) is 14.9. The summed E-state index contributed by atoms with van der Waals surface area (Å²) in [5.41, 5.74) is 0.179. The van der Waals surface area contributed by atoms with Crippen molar-refractivity contribution in [3.8, 4) is 0 Å². The van der Waals surface area contributed by atoms with E-state index < -0.39 is 0 Å². The highest BCUT2D eigenvalue weighted by Gasteiger charge is 2.72. The Morgan fingerprint density at radius 3 is 2.57 bits per heavy atom. The minimum absolute atomic E-state index is 0.142. The van der Waals surface area contributed by atoms with Gasteiger partial charge in [-0.3, -0.25) is 4.79 Å². The van der Waals surface area contributed by atoms with Gasteiger partial charge in [-0.25, -0.2) is 0 Å². The lowest BCUT2D eigenvalue weighted by Crippen LogP contribution is -2.52. The van der Waals surface area contributed by atoms with Gasteiger partial charge in [0.05, 0.1) is 11.1 Å². The number of carbonyl (C=O) groups excluding carboxylic acids is 1. The molecule has 0 radical (unpaired) electrons. The topological polar surface area (TPSA) is 52.9 Å². The molecule has 3 fully saturated rings. The fourth-order valence-corrected chi connectivity index (χ4v) is 5.18. The maximum Gasteiger partial charge on any atom is 0.229 e. The zero-order chi connectivity index (χ0) is 15.5. The van der Waals surface area contributed by atoms with Crippen LogP contribution in [0, 0.1) is 16.2 Å². The van der Waals surface area contributed by atoms with Gasteiger partial charge < -0.3 is 10.1 Å². The molecule has 3 aliphatic rings. The van der Waals surface area contributed by atoms with Crippen LogP contribution in [-0.4, -0.2) is 34.3 Å². The van der Waals surface area contributed by atoms with Crippen molar-refractivity contribution in [1.29, 1.82) is 0 Å². The van der Waals surface area contributed by atoms with Crippen molar-refractivity contribution in [2.45, 2.75) is 72.3 Å². The number of nitrogens with zero attached hydrogens (tertiary/aromatic N) is 2. The molecule has 2 bridgehead atoms. The van der Waals surface area contributed by atoms with E-state index in [4.69, 9.17) is 0 Å². The minimum Gasteiger partial charge on any atom is -0.411 e. The lowest BCUT2D eigenvalue weighted by molar-refractivity contribution is -0.151. The maximum absolute atomic E-state index is 13.4. The number of oxime groups is 1. The zero-order valence-electron chi connectivity index (χ0n) is 13.8. The third-order valence-corrected chi connectivity index (χ3v) is 7.33. The van der Waals surface area contributed by atoms with Crippen LogP contribution in [0.15, 0.2) is 5.16 Å². The summed E-state index contributed by atoms with van der Waals surface area (Å²) in [4.78, 5) is 15.5. The Morgan fingerprint density at radius 2 is 2.00 bits per heavy atom. The number of amides is 1. The summed E-state index contributed by atoms with van der Waals surface area (Å²) in [7, 11) is 0. The first-order chi connectivity index (χ1) is 9.80. The minimum atomic E-state index is -0.366. The molecule has 3 rings (SSSR count). The molecule has 0 aromatic heterocycles. The standard InChI is InChI=1S/C17H28N2O2/c1-12-7-5-6-10-19(12)14(20)17-9-8-16(4,15(17,2)3)13(11-17)18-21/h12,21H,5-11H2,1-4H3/b18-13-/t12-,16-,17-/m1/s1. The monoisotopic (exact) mass is 292 g/mol. The SMILES string of the molecule is C[C@@H]1CCCCN1C(=O)[C@@]12CC[C@](C)(/C(=N\O)C1)C2(C)C. The molecule has 1 saturated heterocycles. The molecule has 0 aromatic carbocycles. The fourth-order valence-electron chi connectivity index (χ4n) is 5.18. The molecule has 1 aliphatic heterocycles. The third-order valence-electron chi connectivity index (χ3n) is 7.33. The molecule has 2 saturated carbocycles. The van der Waals surface area contributed by atoms with Gasteiger partial charge in [0.25, 0.3) is 0 Å². The molecule has 0 unspecified atom stereocenters. The van der Waals surface area contributed by atoms with Crippen molar-refractivity contribution < 1.29 is 10.0 Å². The van der Waals surface area contributed by atoms with Crippen molar-refractivity contribution >= 4 is 11.6 Å². The molecular formula is C17H28N2O2. The number of hydrogen-bond acceptors (Lipinski definition) is 3. The van der Waals surface area contributed by atoms with Crippen molar-refractivity contribution in [3.63, 3.8) is 0 Å². The quantitative estimate of drug-likeness (QED) is 0.594. The lowest BCUT2D eigenvalue weighted by Gasteiger charge is -2.44. The van der Waals surface area contributed by atoms with Crippen LogP contribution in [-0.2, 0) is 4.79 Å². The molecule has 2 aliphatic carbocycles. The summed E-state index contributed by atoms with van der Waals surface area (Å²) in [6, 6.07) is 0.346. The van der Waals surface area contributed by atoms with Gasteiger partial charge in [-0.05, 0) is 44.4 Å². The molecule has 0 aromatic rings. The Bertz CT molecular complexity index is 499. The van der Waals surface area contributed by atoms with Crippen molar-refractivity contribution in [2.24, 2.45) is 21.4 Å². The van der Waals surface area contributed by atoms with Crippen LogP contribution in [0.2, 0.25) is 0 Å². The van der Waals surface area contributed by atoms with Gasteiger partial charge in [-0.2, -0.15) is 0 Å². The number of carbonyl (C=O) groups is 1. The number of fused-ring (bicyclic) bond motifs is 2. The molecule has 1 amide bonds. The van der Waals surface area contributed by atoms with Gasteiger partial charge in [0.1, 0.15) is 0 Å². The van der Waals surface area contributed by atoms with E-state index in [2.05, 4.69) is 37.8 Å². The predicted molar refractivity (Wildman–Crippen MR) is 82.4 cm³/mol. The Labute approximate surface area is 127 Å². The van der Waals surface area contributed by atoms with Crippen LogP contribution in [0.4, 0.5) is 0 Å². The summed E-state index contributed by atoms with van der Waals surface area (Å²) in [6.45, 7) is 9.63. The third kappa shape index (κ3) is 1.62. The van der Waals surface area contributed by atoms with Crippen LogP contribution in [0.3, 0.4) is 0 Å². The highest BCUT2D eigenvalue weighted by Crippen LogP contribution is 2.71. The Balaban J connectivity index is 1.99. The summed E-state index contributed by atoms with van der Waals surface area (Å²) in [6.07, 6.45) is 5.97. The number of piperidine rings is 1. The van der Waals surface area contributed by atoms with Crippen molar-refractivity contribution in [2.75, 3.05) is 6.54 Å². The van der Waals surface area contributed by atoms with E-state index >= 15 is 0 Å². The summed E-state index contributed by atoms with van der Waals surface area (Å²) in [5.74, 6) is 0.307. The second-order valence-electron chi connectivity index (χ2n) is 8.11. The Morgan fingerprint density at radius 1 is 1.29 bits per heavy atom. The average Bonchev–Trinajstić information content (AvgIpc) is 2.76. The number of rotatable bonds is 1. The van der Waals surface area contributed by atoms with E-state index in [9.17, 15) is 10.0 Å². The maximum atomic E-state index is 13.4. The first-order valence-electron chi connectivity index (χ1n) is 8.33. The van der Waals surface area contributed by atoms with E-state index in [1.807, 2.05) is 0 Å². The summed E-state index contributed by atoms with van der Waals surface area (Å²) in [5, 5.41) is 13.0. The molecule has 3 atom stereocenters. The summed E-state index contributed by atoms with van der Waals surface area (Å²) < 4.78 is 0. The normalized spacial score (nSPS) is 43.5. The van der Waals surface area contributed by atoms with E-state index in [1.54, 1.807) is 0 Å². The van der Waals surface area contributed by atoms with Gasteiger partial charge in [0.2, 0.25) is 5.91 Å². The van der Waals surface area contributed by atoms with Gasteiger partial charge in [-0.15, -0.1) is 0 Å². The largest absolute Gasteiger partial charge is 0.411 e. The van der Waals surface area contributed by atoms with Crippen molar-refractivity contribution in [1.82, 2.24) is 4.90 Å². The van der Waals surface area contributed by atoms with E-state index in [0.29, 0.717) is 18.4 Å². The molecule has 1 N–H and O–H groups in total. The number of hydrogen-bond donors (Lipinski definition) is 1. The highest BCUT2D eigenvalue weighted by atomic mass is 16.4. The highest BCUT2D eigenvalue weighted by molar-refractivity contribution is 6.02. The smallest absolute Gasteiger partial charge is 0.229 e. The van der Waals surface area contributed by atoms with Gasteiger partial charge in [-0.1, -0.05) is 25.9 Å². The molecule has 4 heteroatoms. The lowest BCUT2D eigenvalue weighted by atomic mass is 9.64. The van der Waals surface area contributed by atoms with Crippen LogP contribution in [0.25, 0.3) is 0 Å². The van der Waals surface area contributed by atoms with Gasteiger partial charge in [0.15, 0.2) is 0 Å². The summed E-state index contributed by atoms with van der Waals surface area (Å²) >= 11 is 0. The predicted octanol–water partition coefficient (Wildman–Crippen LogP) is 3.43. The van der Waals surface area contributed by atoms with Crippen LogP contribution >= 0.6 is 0 Å². The molecule has 4 nitrogen and oxygen atoms in total. The van der Waals surface area contributed by atoms with Gasteiger partial charge in [0, 0.05) is 24.4 Å². The fraction of sp³-hybridized carbons (Fsp3) is 0.882. The second-order valence-corrected chi connectivity index (χ2v) is 8.11. The van der Waals surface area contributed by atoms with Crippen molar-refractivity contribution in [3.05, 3.63) is 0 Å². The van der Waals surface area contributed by atoms with Gasteiger partial charge >= 0.3 is 0 Å². The molecule has 0 spiro atoms. The molecular weight excluding hydrogens is 264 g/mol. The zero-order valence-corrected chi connectivity index (χ0v) is 13.8. The Kier molecular flexibility index (Phi) is 3.16. The first-order valence-corrected chi connectivity index (χ1v) is 8.33. The number of likely N-dealkylation sites (tertiary alicyclic amines) is 1. The van der Waals surface area contributed by atoms with Crippen LogP contribution in [0.1, 0.15) is 66.2 Å². The van der Waals surface area contributed by atoms with Crippen LogP contribution in [0.5, 0.6) is 0 Å². The molecule has 21 heavy (non-hydrogen) atoms.